The Hall–Kier alpha value is -3.59. The molecule has 1 aromatic carbocycles. The average molecular weight is 438 g/mol. The third-order valence-electron chi connectivity index (χ3n) is 5.61. The van der Waals surface area contributed by atoms with Crippen LogP contribution >= 0.6 is 0 Å². The van der Waals surface area contributed by atoms with Crippen molar-refractivity contribution in [3.63, 3.8) is 0 Å². The standard InChI is InChI=1S/C23H27N5O4/c1-26-10-16(9-24)15-8-17(22(25)27-11-15)23(29)28-18-3-2-4-19(18)30-12-14-5-6-20-21(7-14)32-13-31-20/h5-11,18-19H,2-4,12-13,24H2,1H3,(H2,25,27)(H,28,29)/t18-,19-/m0/s1. The molecule has 1 fully saturated rings. The van der Waals surface area contributed by atoms with Crippen LogP contribution in [0.1, 0.15) is 40.7 Å². The zero-order valence-corrected chi connectivity index (χ0v) is 17.9. The van der Waals surface area contributed by atoms with Crippen LogP contribution in [0, 0.1) is 0 Å². The average Bonchev–Trinajstić information content (AvgIpc) is 3.45. The summed E-state index contributed by atoms with van der Waals surface area (Å²) in [7, 11) is 1.64. The van der Waals surface area contributed by atoms with Gasteiger partial charge in [0.1, 0.15) is 5.82 Å². The Morgan fingerprint density at radius 1 is 1.31 bits per heavy atom. The van der Waals surface area contributed by atoms with E-state index >= 15 is 0 Å². The molecule has 2 heterocycles. The van der Waals surface area contributed by atoms with E-state index in [1.807, 2.05) is 18.2 Å². The molecule has 5 N–H and O–H groups in total. The number of carbonyl (C=O) groups excluding carboxylic acids is 1. The summed E-state index contributed by atoms with van der Waals surface area (Å²) < 4.78 is 16.9. The van der Waals surface area contributed by atoms with Crippen LogP contribution in [0.15, 0.2) is 41.7 Å². The topological polar surface area (TPSA) is 134 Å². The van der Waals surface area contributed by atoms with Crippen LogP contribution in [0.5, 0.6) is 11.5 Å². The summed E-state index contributed by atoms with van der Waals surface area (Å²) in [6, 6.07) is 7.32. The number of amides is 1. The highest BCUT2D eigenvalue weighted by Crippen LogP contribution is 2.33. The third-order valence-corrected chi connectivity index (χ3v) is 5.61. The normalized spacial score (nSPS) is 20.1. The van der Waals surface area contributed by atoms with Gasteiger partial charge in [0.25, 0.3) is 5.91 Å². The van der Waals surface area contributed by atoms with Gasteiger partial charge in [0, 0.05) is 36.8 Å². The summed E-state index contributed by atoms with van der Waals surface area (Å²) in [5, 5.41) is 3.07. The highest BCUT2D eigenvalue weighted by Gasteiger charge is 2.30. The van der Waals surface area contributed by atoms with E-state index in [1.165, 1.54) is 6.20 Å². The van der Waals surface area contributed by atoms with Crippen LogP contribution < -0.4 is 26.3 Å². The minimum atomic E-state index is -0.287. The predicted octanol–water partition coefficient (Wildman–Crippen LogP) is 2.26. The summed E-state index contributed by atoms with van der Waals surface area (Å²) in [4.78, 5) is 21.1. The van der Waals surface area contributed by atoms with Gasteiger partial charge in [-0.2, -0.15) is 0 Å². The highest BCUT2D eigenvalue weighted by molar-refractivity contribution is 6.10. The molecule has 168 valence electrons. The van der Waals surface area contributed by atoms with Crippen LogP contribution in [0.3, 0.4) is 0 Å². The van der Waals surface area contributed by atoms with Gasteiger partial charge >= 0.3 is 0 Å². The molecule has 0 bridgehead atoms. The van der Waals surface area contributed by atoms with Crippen molar-refractivity contribution in [3.05, 3.63) is 53.4 Å². The van der Waals surface area contributed by atoms with Crippen molar-refractivity contribution < 1.29 is 19.0 Å². The summed E-state index contributed by atoms with van der Waals surface area (Å²) in [6.07, 6.45) is 7.17. The van der Waals surface area contributed by atoms with Crippen LogP contribution in [0.4, 0.5) is 5.82 Å². The first-order valence-corrected chi connectivity index (χ1v) is 10.5. The zero-order chi connectivity index (χ0) is 22.5. The second kappa shape index (κ2) is 9.69. The molecule has 0 saturated heterocycles. The van der Waals surface area contributed by atoms with Gasteiger partial charge < -0.3 is 31.0 Å². The zero-order valence-electron chi connectivity index (χ0n) is 17.9. The van der Waals surface area contributed by atoms with E-state index in [2.05, 4.69) is 15.3 Å². The maximum absolute atomic E-state index is 13.0. The van der Waals surface area contributed by atoms with Crippen LogP contribution in [-0.4, -0.2) is 43.1 Å². The molecular formula is C23H27N5O4. The lowest BCUT2D eigenvalue weighted by molar-refractivity contribution is 0.0271. The smallest absolute Gasteiger partial charge is 0.255 e. The number of fused-ring (bicyclic) bond motifs is 1. The molecule has 1 saturated carbocycles. The van der Waals surface area contributed by atoms with Crippen LogP contribution in [-0.2, 0) is 11.3 Å². The summed E-state index contributed by atoms with van der Waals surface area (Å²) >= 11 is 0. The number of pyridine rings is 1. The number of anilines is 1. The Kier molecular flexibility index (Phi) is 6.55. The fourth-order valence-electron chi connectivity index (χ4n) is 3.94. The minimum Gasteiger partial charge on any atom is -0.454 e. The Balaban J connectivity index is 1.41. The van der Waals surface area contributed by atoms with Gasteiger partial charge in [-0.1, -0.05) is 6.07 Å². The SMILES string of the molecule is CN=CC(=CN)c1cnc(N)c(C(=O)N[C@H]2CCC[C@@H]2OCc2ccc3c(c2)OCO3)c1. The molecule has 2 aliphatic rings. The highest BCUT2D eigenvalue weighted by atomic mass is 16.7. The van der Waals surface area contributed by atoms with E-state index in [9.17, 15) is 4.79 Å². The number of carbonyl (C=O) groups is 1. The molecule has 0 spiro atoms. The van der Waals surface area contributed by atoms with Crippen LogP contribution in [0.25, 0.3) is 5.57 Å². The molecular weight excluding hydrogens is 410 g/mol. The first kappa shape index (κ1) is 21.6. The molecule has 1 aliphatic carbocycles. The maximum Gasteiger partial charge on any atom is 0.255 e. The molecule has 1 amide bonds. The lowest BCUT2D eigenvalue weighted by atomic mass is 10.1. The number of nitrogen functional groups attached to an aromatic ring is 1. The molecule has 1 aromatic heterocycles. The number of nitrogens with one attached hydrogen (secondary N) is 1. The largest absolute Gasteiger partial charge is 0.454 e. The summed E-state index contributed by atoms with van der Waals surface area (Å²) in [5.41, 5.74) is 14.3. The minimum absolute atomic E-state index is 0.0894. The first-order valence-electron chi connectivity index (χ1n) is 10.5. The monoisotopic (exact) mass is 437 g/mol. The van der Waals surface area contributed by atoms with Crippen molar-refractivity contribution in [2.24, 2.45) is 10.7 Å². The van der Waals surface area contributed by atoms with Gasteiger partial charge in [0.2, 0.25) is 6.79 Å². The molecule has 0 radical (unpaired) electrons. The van der Waals surface area contributed by atoms with E-state index in [0.717, 1.165) is 36.3 Å². The molecule has 9 heteroatoms. The van der Waals surface area contributed by atoms with Crippen molar-refractivity contribution in [2.75, 3.05) is 19.6 Å². The molecule has 9 nitrogen and oxygen atoms in total. The summed E-state index contributed by atoms with van der Waals surface area (Å²) in [6.45, 7) is 0.664. The lowest BCUT2D eigenvalue weighted by Crippen LogP contribution is -2.41. The number of hydrogen-bond donors (Lipinski definition) is 3. The van der Waals surface area contributed by atoms with Crippen molar-refractivity contribution in [1.82, 2.24) is 10.3 Å². The van der Waals surface area contributed by atoms with Crippen molar-refractivity contribution in [3.8, 4) is 11.5 Å². The molecule has 2 aromatic rings. The van der Waals surface area contributed by atoms with Gasteiger partial charge in [-0.15, -0.1) is 0 Å². The fraction of sp³-hybridized carbons (Fsp3) is 0.348. The maximum atomic E-state index is 13.0. The van der Waals surface area contributed by atoms with Gasteiger partial charge in [-0.3, -0.25) is 9.79 Å². The Labute approximate surface area is 186 Å². The number of rotatable bonds is 7. The van der Waals surface area contributed by atoms with E-state index in [1.54, 1.807) is 25.5 Å². The number of aromatic nitrogens is 1. The predicted molar refractivity (Wildman–Crippen MR) is 121 cm³/mol. The summed E-state index contributed by atoms with van der Waals surface area (Å²) in [5.74, 6) is 1.34. The van der Waals surface area contributed by atoms with Crippen LogP contribution in [0.2, 0.25) is 0 Å². The van der Waals surface area contributed by atoms with Gasteiger partial charge in [0.15, 0.2) is 11.5 Å². The molecule has 32 heavy (non-hydrogen) atoms. The number of nitrogens with zero attached hydrogens (tertiary/aromatic N) is 2. The number of nitrogens with two attached hydrogens (primary N) is 2. The Morgan fingerprint density at radius 2 is 2.16 bits per heavy atom. The van der Waals surface area contributed by atoms with E-state index in [0.29, 0.717) is 23.3 Å². The van der Waals surface area contributed by atoms with Crippen molar-refractivity contribution in [2.45, 2.75) is 38.0 Å². The first-order chi connectivity index (χ1) is 15.6. The van der Waals surface area contributed by atoms with Gasteiger partial charge in [-0.25, -0.2) is 4.98 Å². The van der Waals surface area contributed by atoms with E-state index in [4.69, 9.17) is 25.7 Å². The Morgan fingerprint density at radius 3 is 2.97 bits per heavy atom. The van der Waals surface area contributed by atoms with E-state index in [-0.39, 0.29) is 30.7 Å². The lowest BCUT2D eigenvalue weighted by Gasteiger charge is -2.22. The number of allylic oxidation sites excluding steroid dienone is 1. The molecule has 2 atom stereocenters. The second-order valence-corrected chi connectivity index (χ2v) is 7.71. The Bertz CT molecular complexity index is 1050. The van der Waals surface area contributed by atoms with Crippen molar-refractivity contribution >= 4 is 23.5 Å². The number of aliphatic imine (C=N–C) groups is 1. The quantitative estimate of drug-likeness (QED) is 0.566. The number of benzene rings is 1. The molecule has 1 aliphatic heterocycles. The third kappa shape index (κ3) is 4.67. The van der Waals surface area contributed by atoms with Gasteiger partial charge in [-0.05, 0) is 43.0 Å². The second-order valence-electron chi connectivity index (χ2n) is 7.71. The van der Waals surface area contributed by atoms with E-state index < -0.39 is 0 Å². The van der Waals surface area contributed by atoms with Gasteiger partial charge in [0.05, 0.1) is 24.3 Å². The van der Waals surface area contributed by atoms with Crippen molar-refractivity contribution in [1.29, 1.82) is 0 Å². The number of hydrogen-bond acceptors (Lipinski definition) is 8. The molecule has 0 unspecified atom stereocenters. The fourth-order valence-corrected chi connectivity index (χ4v) is 3.94. The number of ether oxygens (including phenoxy) is 3. The molecule has 4 rings (SSSR count).